The fraction of sp³-hybridized carbons (Fsp3) is 0.188. The number of nitrogens with two attached hydrogens (primary N) is 2. The smallest absolute Gasteiger partial charge is 0.320 e. The lowest BCUT2D eigenvalue weighted by Crippen LogP contribution is -2.32. The summed E-state index contributed by atoms with van der Waals surface area (Å²) in [6.45, 7) is 0.0182. The van der Waals surface area contributed by atoms with Crippen LogP contribution in [0.1, 0.15) is 11.1 Å². The molecule has 0 radical (unpaired) electrons. The van der Waals surface area contributed by atoms with Gasteiger partial charge in [0.2, 0.25) is 0 Å². The first-order chi connectivity index (χ1) is 11.3. The summed E-state index contributed by atoms with van der Waals surface area (Å²) in [5.41, 5.74) is 12.4. The van der Waals surface area contributed by atoms with Crippen LogP contribution in [-0.2, 0) is 17.8 Å². The quantitative estimate of drug-likeness (QED) is 0.458. The molecule has 0 heterocycles. The van der Waals surface area contributed by atoms with Crippen LogP contribution in [0, 0.1) is 0 Å². The van der Waals surface area contributed by atoms with E-state index >= 15 is 0 Å². The lowest BCUT2D eigenvalue weighted by molar-refractivity contribution is -0.138. The molecule has 128 valence electrons. The van der Waals surface area contributed by atoms with Crippen LogP contribution in [0.3, 0.4) is 0 Å². The molecule has 2 rings (SSSR count). The molecule has 8 heteroatoms. The van der Waals surface area contributed by atoms with Crippen LogP contribution in [0.4, 0.5) is 5.69 Å². The molecule has 1 unspecified atom stereocenters. The molecule has 0 aromatic heterocycles. The molecule has 2 aromatic carbocycles. The second-order valence-electron chi connectivity index (χ2n) is 5.18. The van der Waals surface area contributed by atoms with E-state index in [0.29, 0.717) is 11.1 Å². The van der Waals surface area contributed by atoms with Gasteiger partial charge in [-0.15, -0.1) is 0 Å². The molecule has 6 nitrogen and oxygen atoms in total. The molecule has 0 amide bonds. The van der Waals surface area contributed by atoms with Crippen molar-refractivity contribution in [3.8, 4) is 11.5 Å². The molecule has 0 aliphatic rings. The van der Waals surface area contributed by atoms with Gasteiger partial charge in [0.05, 0.1) is 15.7 Å². The Hall–Kier alpha value is -2.15. The van der Waals surface area contributed by atoms with Gasteiger partial charge in [0.15, 0.2) is 5.75 Å². The van der Waals surface area contributed by atoms with Crippen molar-refractivity contribution in [1.82, 2.24) is 0 Å². The molecular formula is C16H16Cl2N2O4. The number of aliphatic carboxylic acids is 1. The van der Waals surface area contributed by atoms with Gasteiger partial charge in [0, 0.05) is 5.56 Å². The van der Waals surface area contributed by atoms with Crippen LogP contribution < -0.4 is 16.2 Å². The van der Waals surface area contributed by atoms with Crippen LogP contribution >= 0.6 is 23.2 Å². The van der Waals surface area contributed by atoms with Gasteiger partial charge in [-0.25, -0.2) is 0 Å². The number of ether oxygens (including phenoxy) is 1. The van der Waals surface area contributed by atoms with Crippen LogP contribution in [-0.4, -0.2) is 22.2 Å². The molecular weight excluding hydrogens is 355 g/mol. The summed E-state index contributed by atoms with van der Waals surface area (Å²) in [6.07, 6.45) is 0.0884. The molecule has 0 aliphatic carbocycles. The lowest BCUT2D eigenvalue weighted by Gasteiger charge is -2.14. The number of hydrogen-bond acceptors (Lipinski definition) is 5. The number of rotatable bonds is 6. The predicted octanol–water partition coefficient (Wildman–Crippen LogP) is 2.81. The number of halogens is 2. The number of carboxylic acid groups (broad SMARTS) is 1. The fourth-order valence-corrected chi connectivity index (χ4v) is 2.73. The van der Waals surface area contributed by atoms with Gasteiger partial charge < -0.3 is 26.4 Å². The summed E-state index contributed by atoms with van der Waals surface area (Å²) in [4.78, 5) is 10.8. The minimum atomic E-state index is -1.11. The first kappa shape index (κ1) is 18.2. The highest BCUT2D eigenvalue weighted by Crippen LogP contribution is 2.36. The fourth-order valence-electron chi connectivity index (χ4n) is 2.09. The van der Waals surface area contributed by atoms with Gasteiger partial charge >= 0.3 is 5.97 Å². The van der Waals surface area contributed by atoms with Gasteiger partial charge in [0.1, 0.15) is 18.4 Å². The highest BCUT2D eigenvalue weighted by molar-refractivity contribution is 6.37. The van der Waals surface area contributed by atoms with Crippen LogP contribution in [0.15, 0.2) is 30.3 Å². The molecule has 6 N–H and O–H groups in total. The number of anilines is 1. The van der Waals surface area contributed by atoms with Crippen LogP contribution in [0.25, 0.3) is 0 Å². The van der Waals surface area contributed by atoms with E-state index in [2.05, 4.69) is 0 Å². The SMILES string of the molecule is Nc1cccc(COc2c(Cl)cc(CC(N)C(=O)O)cc2Cl)c1O. The Kier molecular flexibility index (Phi) is 5.77. The van der Waals surface area contributed by atoms with Crippen molar-refractivity contribution in [3.05, 3.63) is 51.5 Å². The summed E-state index contributed by atoms with van der Waals surface area (Å²) in [5, 5.41) is 19.2. The third-order valence-corrected chi connectivity index (χ3v) is 3.92. The largest absolute Gasteiger partial charge is 0.505 e. The van der Waals surface area contributed by atoms with E-state index in [1.807, 2.05) is 0 Å². The van der Waals surface area contributed by atoms with Crippen molar-refractivity contribution in [3.63, 3.8) is 0 Å². The Morgan fingerprint density at radius 3 is 2.46 bits per heavy atom. The molecule has 0 aliphatic heterocycles. The first-order valence-electron chi connectivity index (χ1n) is 6.95. The Morgan fingerprint density at radius 2 is 1.88 bits per heavy atom. The zero-order valence-electron chi connectivity index (χ0n) is 12.5. The van der Waals surface area contributed by atoms with Crippen molar-refractivity contribution in [2.75, 3.05) is 5.73 Å². The third-order valence-electron chi connectivity index (χ3n) is 3.35. The predicted molar refractivity (Wildman–Crippen MR) is 92.6 cm³/mol. The number of nitrogen functional groups attached to an aromatic ring is 1. The zero-order valence-corrected chi connectivity index (χ0v) is 14.0. The van der Waals surface area contributed by atoms with E-state index in [0.717, 1.165) is 0 Å². The van der Waals surface area contributed by atoms with Gasteiger partial charge in [-0.2, -0.15) is 0 Å². The number of phenolic OH excluding ortho intramolecular Hbond substituents is 1. The number of phenols is 1. The van der Waals surface area contributed by atoms with E-state index in [9.17, 15) is 9.90 Å². The Morgan fingerprint density at radius 1 is 1.25 bits per heavy atom. The normalized spacial score (nSPS) is 12.0. The molecule has 0 saturated carbocycles. The average molecular weight is 371 g/mol. The van der Waals surface area contributed by atoms with Gasteiger partial charge in [-0.05, 0) is 30.2 Å². The third kappa shape index (κ3) is 4.23. The summed E-state index contributed by atoms with van der Waals surface area (Å²) in [6, 6.07) is 6.96. The number of carbonyl (C=O) groups is 1. The average Bonchev–Trinajstić information content (AvgIpc) is 2.50. The molecule has 0 bridgehead atoms. The van der Waals surface area contributed by atoms with Crippen molar-refractivity contribution in [2.45, 2.75) is 19.1 Å². The van der Waals surface area contributed by atoms with Crippen molar-refractivity contribution in [1.29, 1.82) is 0 Å². The lowest BCUT2D eigenvalue weighted by atomic mass is 10.1. The summed E-state index contributed by atoms with van der Waals surface area (Å²) >= 11 is 12.3. The Balaban J connectivity index is 2.16. The molecule has 0 saturated heterocycles. The minimum Gasteiger partial charge on any atom is -0.505 e. The highest BCUT2D eigenvalue weighted by Gasteiger charge is 2.16. The van der Waals surface area contributed by atoms with Gasteiger partial charge in [-0.3, -0.25) is 4.79 Å². The Labute approximate surface area is 148 Å². The van der Waals surface area contributed by atoms with E-state index in [1.165, 1.54) is 0 Å². The summed E-state index contributed by atoms with van der Waals surface area (Å²) in [5.74, 6) is -0.943. The molecule has 0 fully saturated rings. The highest BCUT2D eigenvalue weighted by atomic mass is 35.5. The van der Waals surface area contributed by atoms with Crippen molar-refractivity contribution >= 4 is 34.9 Å². The maximum absolute atomic E-state index is 10.8. The van der Waals surface area contributed by atoms with Crippen LogP contribution in [0.5, 0.6) is 11.5 Å². The molecule has 1 atom stereocenters. The van der Waals surface area contributed by atoms with Crippen LogP contribution in [0.2, 0.25) is 10.0 Å². The summed E-state index contributed by atoms with van der Waals surface area (Å²) < 4.78 is 5.57. The standard InChI is InChI=1S/C16H16Cl2N2O4/c17-10-4-8(6-13(20)16(22)23)5-11(18)15(10)24-7-9-2-1-3-12(19)14(9)21/h1-5,13,21H,6-7,19-20H2,(H,22,23). The van der Waals surface area contributed by atoms with E-state index < -0.39 is 12.0 Å². The summed E-state index contributed by atoms with van der Waals surface area (Å²) in [7, 11) is 0. The molecule has 24 heavy (non-hydrogen) atoms. The zero-order chi connectivity index (χ0) is 17.9. The van der Waals surface area contributed by atoms with Crippen molar-refractivity contribution < 1.29 is 19.7 Å². The first-order valence-corrected chi connectivity index (χ1v) is 7.70. The second kappa shape index (κ2) is 7.61. The maximum atomic E-state index is 10.8. The monoisotopic (exact) mass is 370 g/mol. The van der Waals surface area contributed by atoms with E-state index in [-0.39, 0.29) is 40.3 Å². The van der Waals surface area contributed by atoms with Crippen molar-refractivity contribution in [2.24, 2.45) is 5.73 Å². The number of aromatic hydroxyl groups is 1. The van der Waals surface area contributed by atoms with Gasteiger partial charge in [-0.1, -0.05) is 35.3 Å². The van der Waals surface area contributed by atoms with E-state index in [1.54, 1.807) is 30.3 Å². The van der Waals surface area contributed by atoms with Gasteiger partial charge in [0.25, 0.3) is 0 Å². The number of para-hydroxylation sites is 1. The topological polar surface area (TPSA) is 119 Å². The Bertz CT molecular complexity index is 745. The number of hydrogen-bond donors (Lipinski definition) is 4. The minimum absolute atomic E-state index is 0.0182. The van der Waals surface area contributed by atoms with E-state index in [4.69, 9.17) is 44.5 Å². The maximum Gasteiger partial charge on any atom is 0.320 e. The molecule has 2 aromatic rings. The molecule has 0 spiro atoms. The number of benzene rings is 2. The number of carboxylic acids is 1. The second-order valence-corrected chi connectivity index (χ2v) is 6.00.